The third kappa shape index (κ3) is 7.42. The molecule has 5 N–H and O–H groups in total. The van der Waals surface area contributed by atoms with E-state index in [1.54, 1.807) is 85.3 Å². The summed E-state index contributed by atoms with van der Waals surface area (Å²) < 4.78 is 55.6. The van der Waals surface area contributed by atoms with Gasteiger partial charge in [0.1, 0.15) is 0 Å². The molecule has 0 radical (unpaired) electrons. The van der Waals surface area contributed by atoms with Crippen LogP contribution in [0.1, 0.15) is 13.3 Å². The minimum Gasteiger partial charge on any atom is -0.393 e. The Kier molecular flexibility index (Phi) is 10.5. The maximum Gasteiger partial charge on any atom is 0.269 e. The van der Waals surface area contributed by atoms with Gasteiger partial charge in [0.15, 0.2) is 11.3 Å². The van der Waals surface area contributed by atoms with Crippen LogP contribution in [-0.4, -0.2) is 79.0 Å². The number of halogens is 1. The van der Waals surface area contributed by atoms with E-state index in [0.29, 0.717) is 63.5 Å². The van der Waals surface area contributed by atoms with Crippen LogP contribution in [0.5, 0.6) is 0 Å². The average Bonchev–Trinajstić information content (AvgIpc) is 3.85. The van der Waals surface area contributed by atoms with E-state index in [-0.39, 0.29) is 39.4 Å². The molecule has 0 bridgehead atoms. The Balaban J connectivity index is 0.000000169. The molecule has 1 aliphatic heterocycles. The van der Waals surface area contributed by atoms with Crippen molar-refractivity contribution in [3.05, 3.63) is 127 Å². The number of aromatic nitrogens is 8. The van der Waals surface area contributed by atoms with Crippen LogP contribution in [0.4, 0.5) is 17.6 Å². The highest BCUT2D eigenvalue weighted by molar-refractivity contribution is 7.90. The molecule has 0 unspecified atom stereocenters. The maximum absolute atomic E-state index is 13.6. The Morgan fingerprint density at radius 2 is 1.14 bits per heavy atom. The summed E-state index contributed by atoms with van der Waals surface area (Å²) in [6.45, 7) is 3.29. The molecule has 6 aromatic heterocycles. The standard InChI is InChI=1S/C23H24N6O3S.C17H12ClN5O2S/c1-15-13-28(12-9-20(15)30)19-8-11-25-22-21(19)17(18-7-10-26-23(24)27-18)14-29(22)33(31,32)16-5-3-2-4-6-16;18-13-6-8-20-16-15(13)12(14-7-9-21-17(19)22-14)10-23(16)26(24,25)11-4-2-1-3-5-11/h2-8,10-11,14-15,20,30H,9,12-13H2,1H3,(H2,24,26,27);1-10H,(H2,19,21,22)/t15-,20-;/m0./s1. The van der Waals surface area contributed by atoms with Gasteiger partial charge in [-0.05, 0) is 60.9 Å². The Morgan fingerprint density at radius 1 is 0.661 bits per heavy atom. The molecule has 8 aromatic rings. The molecule has 0 aliphatic carbocycles. The summed E-state index contributed by atoms with van der Waals surface area (Å²) in [5.74, 6) is 0.254. The number of nitrogens with two attached hydrogens (primary N) is 2. The molecule has 19 heteroatoms. The first kappa shape index (κ1) is 39.4. The molecule has 0 spiro atoms. The van der Waals surface area contributed by atoms with Gasteiger partial charge in [-0.2, -0.15) is 0 Å². The summed E-state index contributed by atoms with van der Waals surface area (Å²) in [7, 11) is -7.77. The van der Waals surface area contributed by atoms with Crippen molar-refractivity contribution in [3.63, 3.8) is 0 Å². The Hall–Kier alpha value is -6.47. The van der Waals surface area contributed by atoms with Crippen LogP contribution in [0, 0.1) is 5.92 Å². The first-order valence-electron chi connectivity index (χ1n) is 18.2. The summed E-state index contributed by atoms with van der Waals surface area (Å²) in [5, 5.41) is 11.7. The van der Waals surface area contributed by atoms with Gasteiger partial charge in [-0.1, -0.05) is 54.9 Å². The highest BCUT2D eigenvalue weighted by atomic mass is 35.5. The first-order chi connectivity index (χ1) is 28.3. The lowest BCUT2D eigenvalue weighted by molar-refractivity contribution is 0.0971. The average molecular weight is 850 g/mol. The first-order valence-corrected chi connectivity index (χ1v) is 21.5. The van der Waals surface area contributed by atoms with Gasteiger partial charge in [-0.15, -0.1) is 0 Å². The zero-order chi connectivity index (χ0) is 41.5. The Morgan fingerprint density at radius 3 is 1.64 bits per heavy atom. The van der Waals surface area contributed by atoms with Gasteiger partial charge in [0, 0.05) is 66.8 Å². The number of aliphatic hydroxyl groups excluding tert-OH is 1. The monoisotopic (exact) mass is 849 g/mol. The molecule has 0 saturated carbocycles. The van der Waals surface area contributed by atoms with Gasteiger partial charge in [0.2, 0.25) is 11.9 Å². The van der Waals surface area contributed by atoms with E-state index >= 15 is 0 Å². The number of nitrogen functional groups attached to an aromatic ring is 2. The predicted molar refractivity (Wildman–Crippen MR) is 225 cm³/mol. The second-order valence-electron chi connectivity index (χ2n) is 13.7. The third-order valence-electron chi connectivity index (χ3n) is 9.94. The number of rotatable bonds is 7. The SMILES string of the molecule is C[C@H]1CN(c2ccnc3c2c(-c2ccnc(N)n2)cn3S(=O)(=O)c2ccccc2)CC[C@@H]1O.Nc1nccc(-c2cn(S(=O)(=O)c3ccccc3)c3nccc(Cl)c23)n1. The summed E-state index contributed by atoms with van der Waals surface area (Å²) in [4.78, 5) is 27.5. The maximum atomic E-state index is 13.6. The van der Waals surface area contributed by atoms with Crippen LogP contribution in [0.3, 0.4) is 0 Å². The van der Waals surface area contributed by atoms with E-state index in [1.807, 2.05) is 13.0 Å². The number of piperidine rings is 1. The largest absolute Gasteiger partial charge is 0.393 e. The van der Waals surface area contributed by atoms with Crippen molar-refractivity contribution in [1.82, 2.24) is 37.8 Å². The molecule has 2 aromatic carbocycles. The number of aliphatic hydroxyl groups is 1. The molecule has 1 fully saturated rings. The molecule has 300 valence electrons. The van der Waals surface area contributed by atoms with Crippen molar-refractivity contribution < 1.29 is 21.9 Å². The van der Waals surface area contributed by atoms with Crippen LogP contribution < -0.4 is 16.4 Å². The number of hydrogen-bond acceptors (Lipinski definition) is 14. The molecule has 1 saturated heterocycles. The number of hydrogen-bond donors (Lipinski definition) is 3. The van der Waals surface area contributed by atoms with E-state index in [9.17, 15) is 21.9 Å². The minimum absolute atomic E-state index is 0.0781. The molecule has 7 heterocycles. The van der Waals surface area contributed by atoms with Crippen molar-refractivity contribution in [2.75, 3.05) is 29.5 Å². The summed E-state index contributed by atoms with van der Waals surface area (Å²) in [5.41, 5.74) is 14.9. The molecule has 0 amide bonds. The highest BCUT2D eigenvalue weighted by Crippen LogP contribution is 2.39. The molecule has 16 nitrogen and oxygen atoms in total. The second-order valence-corrected chi connectivity index (χ2v) is 17.7. The molecule has 2 atom stereocenters. The van der Waals surface area contributed by atoms with Crippen LogP contribution in [-0.2, 0) is 20.0 Å². The molecule has 1 aliphatic rings. The van der Waals surface area contributed by atoms with E-state index in [4.69, 9.17) is 23.1 Å². The van der Waals surface area contributed by atoms with Crippen LogP contribution >= 0.6 is 11.6 Å². The number of anilines is 3. The van der Waals surface area contributed by atoms with Crippen molar-refractivity contribution in [3.8, 4) is 22.5 Å². The normalized spacial score (nSPS) is 15.9. The van der Waals surface area contributed by atoms with E-state index in [1.165, 1.54) is 34.7 Å². The molecular formula is C40H36ClN11O5S2. The van der Waals surface area contributed by atoms with Crippen molar-refractivity contribution >= 4 is 71.3 Å². The Bertz CT molecular complexity index is 3060. The number of nitrogens with zero attached hydrogens (tertiary/aromatic N) is 9. The van der Waals surface area contributed by atoms with E-state index in [0.717, 1.165) is 9.66 Å². The van der Waals surface area contributed by atoms with Gasteiger partial charge in [0.25, 0.3) is 20.0 Å². The fraction of sp³-hybridized carbons (Fsp3) is 0.150. The quantitative estimate of drug-likeness (QED) is 0.180. The lowest BCUT2D eigenvalue weighted by Crippen LogP contribution is -2.42. The molecule has 59 heavy (non-hydrogen) atoms. The van der Waals surface area contributed by atoms with E-state index in [2.05, 4.69) is 34.8 Å². The summed E-state index contributed by atoms with van der Waals surface area (Å²) in [6.07, 6.45) is 9.38. The number of fused-ring (bicyclic) bond motifs is 2. The smallest absolute Gasteiger partial charge is 0.269 e. The van der Waals surface area contributed by atoms with Gasteiger partial charge in [-0.3, -0.25) is 0 Å². The fourth-order valence-electron chi connectivity index (χ4n) is 7.03. The van der Waals surface area contributed by atoms with Crippen molar-refractivity contribution in [2.45, 2.75) is 29.2 Å². The van der Waals surface area contributed by atoms with Crippen LogP contribution in [0.15, 0.2) is 132 Å². The van der Waals surface area contributed by atoms with E-state index < -0.39 is 20.0 Å². The second kappa shape index (κ2) is 15.7. The number of pyridine rings is 2. The summed E-state index contributed by atoms with van der Waals surface area (Å²) >= 11 is 6.34. The Labute approximate surface area is 343 Å². The predicted octanol–water partition coefficient (Wildman–Crippen LogP) is 5.49. The zero-order valence-corrected chi connectivity index (χ0v) is 33.7. The van der Waals surface area contributed by atoms with Gasteiger partial charge < -0.3 is 21.5 Å². The van der Waals surface area contributed by atoms with Crippen LogP contribution in [0.2, 0.25) is 5.02 Å². The fourth-order valence-corrected chi connectivity index (χ4v) is 9.95. The van der Waals surface area contributed by atoms with Gasteiger partial charge in [-0.25, -0.2) is 54.7 Å². The van der Waals surface area contributed by atoms with Gasteiger partial charge >= 0.3 is 0 Å². The van der Waals surface area contributed by atoms with Gasteiger partial charge in [0.05, 0.1) is 43.4 Å². The van der Waals surface area contributed by atoms with Crippen molar-refractivity contribution in [1.29, 1.82) is 0 Å². The third-order valence-corrected chi connectivity index (χ3v) is 13.6. The summed E-state index contributed by atoms with van der Waals surface area (Å²) in [6, 6.07) is 23.2. The molecule has 9 rings (SSSR count). The van der Waals surface area contributed by atoms with Crippen molar-refractivity contribution in [2.24, 2.45) is 5.92 Å². The topological polar surface area (TPSA) is 231 Å². The number of benzene rings is 2. The minimum atomic E-state index is -3.91. The van der Waals surface area contributed by atoms with Crippen LogP contribution in [0.25, 0.3) is 44.6 Å². The molecular weight excluding hydrogens is 814 g/mol. The lowest BCUT2D eigenvalue weighted by Gasteiger charge is -2.36. The zero-order valence-electron chi connectivity index (χ0n) is 31.3. The lowest BCUT2D eigenvalue weighted by atomic mass is 9.96. The highest BCUT2D eigenvalue weighted by Gasteiger charge is 2.30.